The molecule has 4 nitrogen and oxygen atoms in total. The van der Waals surface area contributed by atoms with Crippen molar-refractivity contribution < 1.29 is 22.7 Å². The summed E-state index contributed by atoms with van der Waals surface area (Å²) in [5.74, 6) is -0.391. The molecule has 0 aromatic heterocycles. The van der Waals surface area contributed by atoms with Crippen LogP contribution in [-0.2, 0) is 9.53 Å². The van der Waals surface area contributed by atoms with E-state index >= 15 is 0 Å². The summed E-state index contributed by atoms with van der Waals surface area (Å²) in [6, 6.07) is 0.167. The first kappa shape index (κ1) is 13.2. The normalized spacial score (nSPS) is 22.2. The first-order valence-electron chi connectivity index (χ1n) is 5.04. The number of carbonyl (C=O) groups is 1. The van der Waals surface area contributed by atoms with Gasteiger partial charge in [-0.05, 0) is 6.92 Å². The van der Waals surface area contributed by atoms with Crippen LogP contribution in [0.2, 0.25) is 0 Å². The van der Waals surface area contributed by atoms with Gasteiger partial charge in [-0.25, -0.2) is 0 Å². The Morgan fingerprint density at radius 3 is 2.81 bits per heavy atom. The van der Waals surface area contributed by atoms with Gasteiger partial charge in [0.25, 0.3) is 0 Å². The van der Waals surface area contributed by atoms with Gasteiger partial charge in [-0.2, -0.15) is 13.2 Å². The van der Waals surface area contributed by atoms with Crippen LogP contribution in [-0.4, -0.2) is 55.9 Å². The minimum absolute atomic E-state index is 0.167. The Bertz CT molecular complexity index is 245. The van der Waals surface area contributed by atoms with Crippen molar-refractivity contribution in [2.75, 3.05) is 32.8 Å². The molecule has 16 heavy (non-hydrogen) atoms. The van der Waals surface area contributed by atoms with Crippen molar-refractivity contribution in [3.8, 4) is 0 Å². The number of alkyl halides is 3. The van der Waals surface area contributed by atoms with Gasteiger partial charge in [0, 0.05) is 25.7 Å². The van der Waals surface area contributed by atoms with Crippen molar-refractivity contribution in [3.05, 3.63) is 0 Å². The number of carbonyl (C=O) groups excluding carboxylic acids is 1. The minimum atomic E-state index is -4.38. The van der Waals surface area contributed by atoms with Gasteiger partial charge in [-0.3, -0.25) is 4.79 Å². The Hall–Kier alpha value is -0.820. The van der Waals surface area contributed by atoms with E-state index in [1.807, 2.05) is 6.92 Å². The summed E-state index contributed by atoms with van der Waals surface area (Å²) in [5.41, 5.74) is 0. The summed E-state index contributed by atoms with van der Waals surface area (Å²) in [7, 11) is 0. The average Bonchev–Trinajstić information content (AvgIpc) is 2.15. The van der Waals surface area contributed by atoms with Gasteiger partial charge >= 0.3 is 6.18 Å². The lowest BCUT2D eigenvalue weighted by Gasteiger charge is -2.31. The second-order valence-electron chi connectivity index (χ2n) is 3.80. The van der Waals surface area contributed by atoms with Crippen LogP contribution >= 0.6 is 0 Å². The van der Waals surface area contributed by atoms with E-state index in [4.69, 9.17) is 0 Å². The van der Waals surface area contributed by atoms with Crippen LogP contribution in [0.4, 0.5) is 13.2 Å². The highest BCUT2D eigenvalue weighted by molar-refractivity contribution is 5.77. The summed E-state index contributed by atoms with van der Waals surface area (Å²) < 4.78 is 39.6. The first-order chi connectivity index (χ1) is 7.38. The number of rotatable bonds is 3. The fraction of sp³-hybridized carbons (Fsp3) is 0.889. The maximum atomic E-state index is 11.8. The molecular formula is C9H15F3N2O2. The Morgan fingerprint density at radius 1 is 1.56 bits per heavy atom. The van der Waals surface area contributed by atoms with E-state index in [-0.39, 0.29) is 6.04 Å². The summed E-state index contributed by atoms with van der Waals surface area (Å²) in [6.45, 7) is 1.71. The molecule has 94 valence electrons. The Balaban J connectivity index is 2.24. The minimum Gasteiger partial charge on any atom is -0.362 e. The molecule has 1 saturated heterocycles. The fourth-order valence-electron chi connectivity index (χ4n) is 1.50. The molecule has 0 aliphatic carbocycles. The lowest BCUT2D eigenvalue weighted by atomic mass is 10.2. The molecule has 0 aromatic rings. The van der Waals surface area contributed by atoms with Crippen LogP contribution in [0.3, 0.4) is 0 Å². The Morgan fingerprint density at radius 2 is 2.25 bits per heavy atom. The molecule has 1 aliphatic heterocycles. The van der Waals surface area contributed by atoms with E-state index < -0.39 is 25.3 Å². The van der Waals surface area contributed by atoms with E-state index in [1.54, 1.807) is 0 Å². The van der Waals surface area contributed by atoms with Crippen LogP contribution in [0.15, 0.2) is 0 Å². The SMILES string of the molecule is CC1CN(C(=O)COCC(F)(F)F)CCN1. The third-order valence-electron chi connectivity index (χ3n) is 2.21. The fourth-order valence-corrected chi connectivity index (χ4v) is 1.50. The maximum absolute atomic E-state index is 11.8. The molecule has 1 unspecified atom stereocenters. The van der Waals surface area contributed by atoms with E-state index in [1.165, 1.54) is 4.90 Å². The molecule has 1 N–H and O–H groups in total. The maximum Gasteiger partial charge on any atom is 0.411 e. The molecular weight excluding hydrogens is 225 g/mol. The molecule has 0 bridgehead atoms. The molecule has 0 saturated carbocycles. The van der Waals surface area contributed by atoms with Crippen molar-refractivity contribution in [2.45, 2.75) is 19.1 Å². The van der Waals surface area contributed by atoms with Gasteiger partial charge in [-0.1, -0.05) is 0 Å². The summed E-state index contributed by atoms with van der Waals surface area (Å²) in [4.78, 5) is 12.9. The van der Waals surface area contributed by atoms with Crippen LogP contribution < -0.4 is 5.32 Å². The first-order valence-corrected chi connectivity index (χ1v) is 5.04. The zero-order chi connectivity index (χ0) is 12.2. The average molecular weight is 240 g/mol. The lowest BCUT2D eigenvalue weighted by molar-refractivity contribution is -0.178. The Kier molecular flexibility index (Phi) is 4.55. The lowest BCUT2D eigenvalue weighted by Crippen LogP contribution is -2.52. The highest BCUT2D eigenvalue weighted by Gasteiger charge is 2.28. The summed E-state index contributed by atoms with van der Waals surface area (Å²) in [5, 5.41) is 3.13. The number of halogens is 3. The van der Waals surface area contributed by atoms with Crippen LogP contribution in [0, 0.1) is 0 Å². The molecule has 1 heterocycles. The van der Waals surface area contributed by atoms with Crippen molar-refractivity contribution in [1.29, 1.82) is 0 Å². The van der Waals surface area contributed by atoms with Crippen LogP contribution in [0.25, 0.3) is 0 Å². The number of hydrogen-bond donors (Lipinski definition) is 1. The number of hydrogen-bond acceptors (Lipinski definition) is 3. The monoisotopic (exact) mass is 240 g/mol. The third kappa shape index (κ3) is 4.80. The van der Waals surface area contributed by atoms with Crippen molar-refractivity contribution in [1.82, 2.24) is 10.2 Å². The molecule has 0 radical (unpaired) electrons. The van der Waals surface area contributed by atoms with E-state index in [0.717, 1.165) is 0 Å². The van der Waals surface area contributed by atoms with Gasteiger partial charge in [0.15, 0.2) is 0 Å². The second-order valence-corrected chi connectivity index (χ2v) is 3.80. The summed E-state index contributed by atoms with van der Waals surface area (Å²) >= 11 is 0. The van der Waals surface area contributed by atoms with Crippen LogP contribution in [0.1, 0.15) is 6.92 Å². The predicted octanol–water partition coefficient (Wildman–Crippen LogP) is 0.386. The predicted molar refractivity (Wildman–Crippen MR) is 50.9 cm³/mol. The number of ether oxygens (including phenoxy) is 1. The molecule has 7 heteroatoms. The topological polar surface area (TPSA) is 41.6 Å². The molecule has 1 aliphatic rings. The largest absolute Gasteiger partial charge is 0.411 e. The molecule has 1 atom stereocenters. The van der Waals surface area contributed by atoms with E-state index in [0.29, 0.717) is 19.6 Å². The zero-order valence-electron chi connectivity index (χ0n) is 9.01. The highest BCUT2D eigenvalue weighted by atomic mass is 19.4. The number of nitrogens with zero attached hydrogens (tertiary/aromatic N) is 1. The molecule has 1 rings (SSSR count). The quantitative estimate of drug-likeness (QED) is 0.775. The summed E-state index contributed by atoms with van der Waals surface area (Å²) in [6.07, 6.45) is -4.38. The smallest absolute Gasteiger partial charge is 0.362 e. The van der Waals surface area contributed by atoms with Crippen molar-refractivity contribution in [2.24, 2.45) is 0 Å². The third-order valence-corrected chi connectivity index (χ3v) is 2.21. The highest BCUT2D eigenvalue weighted by Crippen LogP contribution is 2.14. The molecule has 1 amide bonds. The van der Waals surface area contributed by atoms with Gasteiger partial charge in [0.1, 0.15) is 13.2 Å². The van der Waals surface area contributed by atoms with E-state index in [2.05, 4.69) is 10.1 Å². The van der Waals surface area contributed by atoms with Gasteiger partial charge in [0.05, 0.1) is 0 Å². The standard InChI is InChI=1S/C9H15F3N2O2/c1-7-4-14(3-2-13-7)8(15)5-16-6-9(10,11)12/h7,13H,2-6H2,1H3. The van der Waals surface area contributed by atoms with Crippen molar-refractivity contribution in [3.63, 3.8) is 0 Å². The van der Waals surface area contributed by atoms with Gasteiger partial charge in [-0.15, -0.1) is 0 Å². The number of piperazine rings is 1. The van der Waals surface area contributed by atoms with Gasteiger partial charge in [0.2, 0.25) is 5.91 Å². The number of nitrogens with one attached hydrogen (secondary N) is 1. The second kappa shape index (κ2) is 5.49. The molecule has 1 fully saturated rings. The molecule has 0 spiro atoms. The number of amides is 1. The van der Waals surface area contributed by atoms with Crippen molar-refractivity contribution >= 4 is 5.91 Å². The Labute approximate surface area is 91.7 Å². The van der Waals surface area contributed by atoms with Crippen LogP contribution in [0.5, 0.6) is 0 Å². The zero-order valence-corrected chi connectivity index (χ0v) is 9.01. The van der Waals surface area contributed by atoms with E-state index in [9.17, 15) is 18.0 Å². The molecule has 0 aromatic carbocycles. The van der Waals surface area contributed by atoms with Gasteiger partial charge < -0.3 is 15.0 Å².